The van der Waals surface area contributed by atoms with E-state index in [-0.39, 0.29) is 18.0 Å². The van der Waals surface area contributed by atoms with Crippen LogP contribution in [0.25, 0.3) is 0 Å². The van der Waals surface area contributed by atoms with E-state index in [4.69, 9.17) is 0 Å². The molecular formula is C12H22N2O3. The Morgan fingerprint density at radius 2 is 2.00 bits per heavy atom. The smallest absolute Gasteiger partial charge is 0.331 e. The summed E-state index contributed by atoms with van der Waals surface area (Å²) in [6.07, 6.45) is 0.483. The van der Waals surface area contributed by atoms with Crippen LogP contribution in [0.5, 0.6) is 0 Å². The molecule has 5 nitrogen and oxygen atoms in total. The summed E-state index contributed by atoms with van der Waals surface area (Å²) in [4.78, 5) is 26.9. The Bertz CT molecular complexity index is 318. The van der Waals surface area contributed by atoms with Gasteiger partial charge in [0.05, 0.1) is 0 Å². The number of likely N-dealkylation sites (tertiary alicyclic amines) is 1. The molecule has 0 aliphatic carbocycles. The van der Waals surface area contributed by atoms with Gasteiger partial charge >= 0.3 is 5.97 Å². The van der Waals surface area contributed by atoms with E-state index in [1.54, 1.807) is 0 Å². The number of nitrogens with zero attached hydrogens (tertiary/aromatic N) is 2. The first-order valence-corrected chi connectivity index (χ1v) is 5.96. The molecule has 0 saturated carbocycles. The van der Waals surface area contributed by atoms with Crippen molar-refractivity contribution in [3.8, 4) is 0 Å². The minimum absolute atomic E-state index is 0.109. The number of amides is 1. The number of aliphatic carboxylic acids is 1. The number of carbonyl (C=O) groups is 2. The molecule has 2 unspecified atom stereocenters. The summed E-state index contributed by atoms with van der Waals surface area (Å²) >= 11 is 0. The van der Waals surface area contributed by atoms with Gasteiger partial charge in [-0.3, -0.25) is 4.79 Å². The number of carboxylic acids is 1. The summed E-state index contributed by atoms with van der Waals surface area (Å²) in [5.41, 5.74) is -1.08. The third-order valence-corrected chi connectivity index (χ3v) is 3.61. The number of likely N-dealkylation sites (N-methyl/N-ethyl adjacent to an activating group) is 1. The number of rotatable bonds is 3. The van der Waals surface area contributed by atoms with Gasteiger partial charge in [-0.15, -0.1) is 0 Å². The fourth-order valence-corrected chi connectivity index (χ4v) is 2.87. The second-order valence-electron chi connectivity index (χ2n) is 5.29. The van der Waals surface area contributed by atoms with E-state index in [9.17, 15) is 14.7 Å². The highest BCUT2D eigenvalue weighted by molar-refractivity contribution is 5.87. The fraction of sp³-hybridized carbons (Fsp3) is 0.833. The Hall–Kier alpha value is -1.10. The van der Waals surface area contributed by atoms with Crippen LogP contribution in [0.2, 0.25) is 0 Å². The van der Waals surface area contributed by atoms with Crippen LogP contribution in [0, 0.1) is 0 Å². The SMILES string of the molecule is CC(=O)N(C(C)C)C1(C(=O)O)CC(C)N(C)C1. The summed E-state index contributed by atoms with van der Waals surface area (Å²) in [6, 6.07) is 0.0639. The highest BCUT2D eigenvalue weighted by Crippen LogP contribution is 2.33. The Kier molecular flexibility index (Phi) is 3.81. The van der Waals surface area contributed by atoms with Crippen molar-refractivity contribution < 1.29 is 14.7 Å². The molecule has 1 rings (SSSR count). The molecular weight excluding hydrogens is 220 g/mol. The predicted octanol–water partition coefficient (Wildman–Crippen LogP) is 0.791. The molecule has 1 saturated heterocycles. The lowest BCUT2D eigenvalue weighted by molar-refractivity contribution is -0.159. The molecule has 1 amide bonds. The summed E-state index contributed by atoms with van der Waals surface area (Å²) in [5.74, 6) is -1.08. The molecule has 98 valence electrons. The lowest BCUT2D eigenvalue weighted by Crippen LogP contribution is -2.60. The van der Waals surface area contributed by atoms with E-state index < -0.39 is 11.5 Å². The Labute approximate surface area is 102 Å². The quantitative estimate of drug-likeness (QED) is 0.795. The molecule has 17 heavy (non-hydrogen) atoms. The molecule has 0 aromatic carbocycles. The van der Waals surface area contributed by atoms with Crippen molar-refractivity contribution in [1.82, 2.24) is 9.80 Å². The minimum Gasteiger partial charge on any atom is -0.479 e. The molecule has 0 aromatic rings. The lowest BCUT2D eigenvalue weighted by Gasteiger charge is -2.40. The average molecular weight is 242 g/mol. The highest BCUT2D eigenvalue weighted by atomic mass is 16.4. The molecule has 0 bridgehead atoms. The number of carbonyl (C=O) groups excluding carboxylic acids is 1. The first-order chi connectivity index (χ1) is 7.72. The largest absolute Gasteiger partial charge is 0.479 e. The van der Waals surface area contributed by atoms with Crippen LogP contribution in [0.1, 0.15) is 34.1 Å². The van der Waals surface area contributed by atoms with Crippen molar-refractivity contribution >= 4 is 11.9 Å². The molecule has 1 N–H and O–H groups in total. The second kappa shape index (κ2) is 4.64. The first kappa shape index (κ1) is 14.0. The van der Waals surface area contributed by atoms with Gasteiger partial charge in [0, 0.05) is 25.6 Å². The van der Waals surface area contributed by atoms with Crippen LogP contribution in [-0.2, 0) is 9.59 Å². The molecule has 1 aliphatic heterocycles. The van der Waals surface area contributed by atoms with Crippen molar-refractivity contribution in [3.63, 3.8) is 0 Å². The van der Waals surface area contributed by atoms with Crippen molar-refractivity contribution in [2.45, 2.75) is 51.7 Å². The van der Waals surface area contributed by atoms with Gasteiger partial charge in [-0.25, -0.2) is 4.79 Å². The van der Waals surface area contributed by atoms with Crippen molar-refractivity contribution in [2.24, 2.45) is 0 Å². The van der Waals surface area contributed by atoms with Crippen LogP contribution in [0.15, 0.2) is 0 Å². The molecule has 1 fully saturated rings. The summed E-state index contributed by atoms with van der Waals surface area (Å²) < 4.78 is 0. The van der Waals surface area contributed by atoms with Gasteiger partial charge in [0.25, 0.3) is 0 Å². The van der Waals surface area contributed by atoms with E-state index in [1.165, 1.54) is 11.8 Å². The minimum atomic E-state index is -1.08. The standard InChI is InChI=1S/C12H22N2O3/c1-8(2)14(10(4)15)12(11(16)17)6-9(3)13(5)7-12/h8-9H,6-7H2,1-5H3,(H,16,17). The zero-order valence-corrected chi connectivity index (χ0v) is 11.2. The average Bonchev–Trinajstić information content (AvgIpc) is 2.42. The van der Waals surface area contributed by atoms with Crippen LogP contribution >= 0.6 is 0 Å². The number of carboxylic acid groups (broad SMARTS) is 1. The predicted molar refractivity (Wildman–Crippen MR) is 64.7 cm³/mol. The summed E-state index contributed by atoms with van der Waals surface area (Å²) in [7, 11) is 1.90. The first-order valence-electron chi connectivity index (χ1n) is 5.96. The zero-order valence-electron chi connectivity index (χ0n) is 11.2. The van der Waals surface area contributed by atoms with Gasteiger partial charge < -0.3 is 14.9 Å². The maximum absolute atomic E-state index is 11.7. The molecule has 5 heteroatoms. The Morgan fingerprint density at radius 1 is 1.47 bits per heavy atom. The van der Waals surface area contributed by atoms with Gasteiger partial charge in [0.1, 0.15) is 0 Å². The third-order valence-electron chi connectivity index (χ3n) is 3.61. The van der Waals surface area contributed by atoms with E-state index in [2.05, 4.69) is 0 Å². The van der Waals surface area contributed by atoms with Crippen LogP contribution in [0.3, 0.4) is 0 Å². The molecule has 1 heterocycles. The summed E-state index contributed by atoms with van der Waals surface area (Å²) in [5, 5.41) is 9.55. The third kappa shape index (κ3) is 2.29. The Balaban J connectivity index is 3.16. The van der Waals surface area contributed by atoms with Crippen molar-refractivity contribution in [2.75, 3.05) is 13.6 Å². The highest BCUT2D eigenvalue weighted by Gasteiger charge is 2.53. The van der Waals surface area contributed by atoms with Gasteiger partial charge in [0.2, 0.25) is 5.91 Å². The van der Waals surface area contributed by atoms with Crippen LogP contribution < -0.4 is 0 Å². The molecule has 0 spiro atoms. The fourth-order valence-electron chi connectivity index (χ4n) is 2.87. The van der Waals surface area contributed by atoms with Gasteiger partial charge in [-0.05, 0) is 34.2 Å². The lowest BCUT2D eigenvalue weighted by atomic mass is 9.92. The van der Waals surface area contributed by atoms with E-state index in [1.807, 2.05) is 32.7 Å². The van der Waals surface area contributed by atoms with E-state index >= 15 is 0 Å². The van der Waals surface area contributed by atoms with Crippen molar-refractivity contribution in [1.29, 1.82) is 0 Å². The van der Waals surface area contributed by atoms with Gasteiger partial charge in [0.15, 0.2) is 5.54 Å². The van der Waals surface area contributed by atoms with Crippen LogP contribution in [0.4, 0.5) is 0 Å². The maximum atomic E-state index is 11.7. The van der Waals surface area contributed by atoms with Gasteiger partial charge in [-0.1, -0.05) is 0 Å². The zero-order chi connectivity index (χ0) is 13.4. The molecule has 0 aromatic heterocycles. The van der Waals surface area contributed by atoms with Crippen LogP contribution in [-0.4, -0.2) is 58.0 Å². The Morgan fingerprint density at radius 3 is 2.24 bits per heavy atom. The molecule has 0 radical (unpaired) electrons. The number of hydrogen-bond donors (Lipinski definition) is 1. The normalized spacial score (nSPS) is 29.6. The topological polar surface area (TPSA) is 60.9 Å². The van der Waals surface area contributed by atoms with Crippen molar-refractivity contribution in [3.05, 3.63) is 0 Å². The maximum Gasteiger partial charge on any atom is 0.331 e. The van der Waals surface area contributed by atoms with E-state index in [0.29, 0.717) is 13.0 Å². The second-order valence-corrected chi connectivity index (χ2v) is 5.29. The molecule has 2 atom stereocenters. The monoisotopic (exact) mass is 242 g/mol. The summed E-state index contributed by atoms with van der Waals surface area (Å²) in [6.45, 7) is 7.53. The molecule has 1 aliphatic rings. The number of hydrogen-bond acceptors (Lipinski definition) is 3. The van der Waals surface area contributed by atoms with E-state index in [0.717, 1.165) is 0 Å². The van der Waals surface area contributed by atoms with Gasteiger partial charge in [-0.2, -0.15) is 0 Å².